The molecule has 7 nitrogen and oxygen atoms in total. The second-order valence-electron chi connectivity index (χ2n) is 6.21. The highest BCUT2D eigenvalue weighted by Gasteiger charge is 2.40. The quantitative estimate of drug-likeness (QED) is 0.351. The van der Waals surface area contributed by atoms with E-state index in [0.29, 0.717) is 22.7 Å². The molecule has 1 aliphatic heterocycles. The minimum atomic E-state index is -0.682. The number of hydrogen-bond donors (Lipinski definition) is 1. The molecular weight excluding hydrogens is 395 g/mol. The zero-order chi connectivity index (χ0) is 21.0. The summed E-state index contributed by atoms with van der Waals surface area (Å²) in [4.78, 5) is 26.2. The second kappa shape index (κ2) is 8.87. The zero-order valence-corrected chi connectivity index (χ0v) is 16.6. The molecule has 29 heavy (non-hydrogen) atoms. The van der Waals surface area contributed by atoms with Gasteiger partial charge in [0.1, 0.15) is 16.8 Å². The minimum Gasteiger partial charge on any atom is -0.497 e. The maximum absolute atomic E-state index is 13.0. The smallest absolute Gasteiger partial charge is 0.247 e. The van der Waals surface area contributed by atoms with Crippen LogP contribution in [0.2, 0.25) is 0 Å². The number of halogens is 1. The van der Waals surface area contributed by atoms with Crippen LogP contribution < -0.4 is 15.4 Å². The number of imide groups is 1. The highest BCUT2D eigenvalue weighted by Crippen LogP contribution is 2.31. The van der Waals surface area contributed by atoms with Crippen LogP contribution in [0.3, 0.4) is 0 Å². The van der Waals surface area contributed by atoms with Gasteiger partial charge in [0.05, 0.1) is 18.5 Å². The summed E-state index contributed by atoms with van der Waals surface area (Å²) >= 11 is 0.984. The molecule has 1 heterocycles. The van der Waals surface area contributed by atoms with E-state index in [-0.39, 0.29) is 29.2 Å². The first-order chi connectivity index (χ1) is 13.9. The Morgan fingerprint density at radius 1 is 1.21 bits per heavy atom. The standard InChI is InChI=1S/C20H19FN4O3S/c1-12(13-6-8-14(21)9-7-13)23-24-20(22)29-17-11-18(26)25(19(17)27)15-4-3-5-16(10-15)28-2/h3-10,17H,11H2,1-2H3,(H2,22,24)/b23-12-/t17-/m1/s1. The fourth-order valence-corrected chi connectivity index (χ4v) is 3.57. The van der Waals surface area contributed by atoms with Crippen molar-refractivity contribution in [1.82, 2.24) is 0 Å². The molecule has 3 rings (SSSR count). The molecule has 0 radical (unpaired) electrons. The van der Waals surface area contributed by atoms with Gasteiger partial charge in [-0.2, -0.15) is 5.10 Å². The van der Waals surface area contributed by atoms with Gasteiger partial charge in [-0.15, -0.1) is 5.10 Å². The van der Waals surface area contributed by atoms with Crippen LogP contribution in [-0.4, -0.2) is 35.1 Å². The minimum absolute atomic E-state index is 0.0115. The summed E-state index contributed by atoms with van der Waals surface area (Å²) in [6.07, 6.45) is 0.0115. The molecule has 9 heteroatoms. The molecule has 0 unspecified atom stereocenters. The van der Waals surface area contributed by atoms with Crippen LogP contribution in [0.5, 0.6) is 5.75 Å². The Morgan fingerprint density at radius 2 is 1.93 bits per heavy atom. The fourth-order valence-electron chi connectivity index (χ4n) is 2.76. The first-order valence-corrected chi connectivity index (χ1v) is 9.58. The highest BCUT2D eigenvalue weighted by atomic mass is 32.2. The van der Waals surface area contributed by atoms with Gasteiger partial charge < -0.3 is 10.5 Å². The molecule has 1 aliphatic rings. The normalized spacial score (nSPS) is 17.8. The van der Waals surface area contributed by atoms with Gasteiger partial charge in [0.2, 0.25) is 11.8 Å². The van der Waals surface area contributed by atoms with Gasteiger partial charge in [-0.25, -0.2) is 9.29 Å². The number of carbonyl (C=O) groups is 2. The molecule has 150 valence electrons. The molecule has 2 aromatic rings. The summed E-state index contributed by atoms with van der Waals surface area (Å²) in [7, 11) is 1.51. The number of nitrogens with zero attached hydrogens (tertiary/aromatic N) is 3. The third kappa shape index (κ3) is 4.80. The Labute approximate surface area is 171 Å². The van der Waals surface area contributed by atoms with E-state index in [4.69, 9.17) is 10.5 Å². The van der Waals surface area contributed by atoms with E-state index in [9.17, 15) is 14.0 Å². The van der Waals surface area contributed by atoms with Crippen molar-refractivity contribution in [1.29, 1.82) is 0 Å². The molecule has 0 saturated carbocycles. The first kappa shape index (κ1) is 20.5. The van der Waals surface area contributed by atoms with Gasteiger partial charge in [0, 0.05) is 12.5 Å². The second-order valence-corrected chi connectivity index (χ2v) is 7.43. The van der Waals surface area contributed by atoms with Crippen LogP contribution in [0.1, 0.15) is 18.9 Å². The number of nitrogens with two attached hydrogens (primary N) is 1. The van der Waals surface area contributed by atoms with E-state index in [0.717, 1.165) is 16.7 Å². The van der Waals surface area contributed by atoms with Crippen molar-refractivity contribution in [3.8, 4) is 5.75 Å². The molecule has 0 spiro atoms. The van der Waals surface area contributed by atoms with E-state index >= 15 is 0 Å². The molecule has 1 atom stereocenters. The van der Waals surface area contributed by atoms with Crippen molar-refractivity contribution in [2.75, 3.05) is 12.0 Å². The number of thioether (sulfide) groups is 1. The van der Waals surface area contributed by atoms with Crippen molar-refractivity contribution in [2.45, 2.75) is 18.6 Å². The summed E-state index contributed by atoms with van der Waals surface area (Å²) in [6.45, 7) is 1.71. The molecule has 2 N–H and O–H groups in total. The predicted molar refractivity (Wildman–Crippen MR) is 112 cm³/mol. The lowest BCUT2D eigenvalue weighted by Gasteiger charge is -2.15. The van der Waals surface area contributed by atoms with Crippen LogP contribution in [0, 0.1) is 5.82 Å². The molecule has 1 fully saturated rings. The van der Waals surface area contributed by atoms with Crippen LogP contribution in [0.15, 0.2) is 58.7 Å². The summed E-state index contributed by atoms with van der Waals surface area (Å²) in [5, 5.41) is 7.32. The lowest BCUT2D eigenvalue weighted by atomic mass is 10.1. The number of hydrogen-bond acceptors (Lipinski definition) is 6. The summed E-state index contributed by atoms with van der Waals surface area (Å²) in [5.74, 6) is -0.485. The maximum atomic E-state index is 13.0. The number of rotatable bonds is 5. The van der Waals surface area contributed by atoms with Gasteiger partial charge in [0.15, 0.2) is 5.17 Å². The maximum Gasteiger partial charge on any atom is 0.247 e. The molecule has 0 aromatic heterocycles. The van der Waals surface area contributed by atoms with Crippen molar-refractivity contribution in [2.24, 2.45) is 15.9 Å². The number of amides is 2. The Morgan fingerprint density at radius 3 is 2.62 bits per heavy atom. The number of ether oxygens (including phenoxy) is 1. The van der Waals surface area contributed by atoms with Gasteiger partial charge in [0.25, 0.3) is 0 Å². The van der Waals surface area contributed by atoms with Crippen molar-refractivity contribution >= 4 is 40.1 Å². The van der Waals surface area contributed by atoms with Crippen molar-refractivity contribution < 1.29 is 18.7 Å². The molecular formula is C20H19FN4O3S. The average molecular weight is 414 g/mol. The van der Waals surface area contributed by atoms with Gasteiger partial charge in [-0.05, 0) is 36.8 Å². The van der Waals surface area contributed by atoms with Crippen LogP contribution in [-0.2, 0) is 9.59 Å². The number of carbonyl (C=O) groups excluding carboxylic acids is 2. The molecule has 1 saturated heterocycles. The molecule has 0 aliphatic carbocycles. The lowest BCUT2D eigenvalue weighted by Crippen LogP contribution is -2.31. The van der Waals surface area contributed by atoms with Crippen molar-refractivity contribution in [3.05, 3.63) is 59.9 Å². The van der Waals surface area contributed by atoms with Crippen molar-refractivity contribution in [3.63, 3.8) is 0 Å². The van der Waals surface area contributed by atoms with Crippen LogP contribution in [0.25, 0.3) is 0 Å². The third-order valence-electron chi connectivity index (χ3n) is 4.24. The molecule has 0 bridgehead atoms. The SMILES string of the molecule is COc1cccc(N2C(=O)C[C@@H](SC(N)=N/N=C(/C)c3ccc(F)cc3)C2=O)c1. The topological polar surface area (TPSA) is 97.3 Å². The predicted octanol–water partition coefficient (Wildman–Crippen LogP) is 2.94. The number of benzene rings is 2. The number of anilines is 1. The highest BCUT2D eigenvalue weighted by molar-refractivity contribution is 8.14. The van der Waals surface area contributed by atoms with Crippen LogP contribution >= 0.6 is 11.8 Å². The molecule has 2 aromatic carbocycles. The summed E-state index contributed by atoms with van der Waals surface area (Å²) < 4.78 is 18.1. The third-order valence-corrected chi connectivity index (χ3v) is 5.22. The Kier molecular flexibility index (Phi) is 6.28. The summed E-state index contributed by atoms with van der Waals surface area (Å²) in [6, 6.07) is 12.5. The van der Waals surface area contributed by atoms with E-state index < -0.39 is 5.25 Å². The lowest BCUT2D eigenvalue weighted by molar-refractivity contribution is -0.121. The largest absolute Gasteiger partial charge is 0.497 e. The Bertz CT molecular complexity index is 991. The Balaban J connectivity index is 1.70. The van der Waals surface area contributed by atoms with Crippen LogP contribution in [0.4, 0.5) is 10.1 Å². The monoisotopic (exact) mass is 414 g/mol. The first-order valence-electron chi connectivity index (χ1n) is 8.70. The average Bonchev–Trinajstić information content (AvgIpc) is 2.99. The number of methoxy groups -OCH3 is 1. The van der Waals surface area contributed by atoms with Gasteiger partial charge in [-0.1, -0.05) is 30.0 Å². The van der Waals surface area contributed by atoms with E-state index in [2.05, 4.69) is 10.2 Å². The van der Waals surface area contributed by atoms with E-state index in [1.807, 2.05) is 0 Å². The van der Waals surface area contributed by atoms with E-state index in [1.165, 1.54) is 19.2 Å². The van der Waals surface area contributed by atoms with E-state index in [1.54, 1.807) is 43.3 Å². The summed E-state index contributed by atoms with van der Waals surface area (Å²) in [5.41, 5.74) is 7.57. The molecule has 2 amide bonds. The Hall–Kier alpha value is -3.20. The zero-order valence-electron chi connectivity index (χ0n) is 15.8. The van der Waals surface area contributed by atoms with Gasteiger partial charge in [-0.3, -0.25) is 9.59 Å². The number of amidine groups is 1. The van der Waals surface area contributed by atoms with Gasteiger partial charge >= 0.3 is 0 Å². The fraction of sp³-hybridized carbons (Fsp3) is 0.200.